The molecule has 10 aromatic carbocycles. The van der Waals surface area contributed by atoms with Gasteiger partial charge in [-0.1, -0.05) is 36.4 Å². The number of ether oxygens (including phenoxy) is 1. The fourth-order valence-electron chi connectivity index (χ4n) is 15.4. The lowest BCUT2D eigenvalue weighted by atomic mass is 10.1. The summed E-state index contributed by atoms with van der Waals surface area (Å²) in [5.41, 5.74) is 43.2. The molecule has 3 aliphatic rings. The lowest BCUT2D eigenvalue weighted by molar-refractivity contribution is -0.385. The van der Waals surface area contributed by atoms with Crippen LogP contribution >= 0.6 is 0 Å². The lowest BCUT2D eigenvalue weighted by Gasteiger charge is -2.16. The molecular formula is C102H94N22O10. The van der Waals surface area contributed by atoms with Crippen LogP contribution < -0.4 is 54.3 Å². The summed E-state index contributed by atoms with van der Waals surface area (Å²) in [5.74, 6) is 13.3. The number of amidine groups is 3. The summed E-state index contributed by atoms with van der Waals surface area (Å²) in [6, 6.07) is 87.3. The number of aromatic nitrogens is 8. The number of hydrogen-bond acceptors (Lipinski definition) is 26. The number of furan rings is 5. The van der Waals surface area contributed by atoms with E-state index in [2.05, 4.69) is 126 Å². The summed E-state index contributed by atoms with van der Waals surface area (Å²) in [6.45, 7) is 13.4. The van der Waals surface area contributed by atoms with E-state index in [9.17, 15) is 20.2 Å². The highest BCUT2D eigenvalue weighted by Crippen LogP contribution is 2.37. The van der Waals surface area contributed by atoms with Gasteiger partial charge in [-0.05, 0) is 257 Å². The molecule has 134 heavy (non-hydrogen) atoms. The molecule has 0 saturated carbocycles. The number of nitrogens with one attached hydrogen (secondary N) is 9. The number of fused-ring (bicyclic) bond motifs is 4. The molecule has 2 unspecified atom stereocenters. The van der Waals surface area contributed by atoms with Gasteiger partial charge in [0.25, 0.3) is 11.4 Å². The largest absolute Gasteiger partial charge is 0.497 e. The number of imidazole rings is 4. The Bertz CT molecular complexity index is 7480. The highest BCUT2D eigenvalue weighted by molar-refractivity contribution is 6.03. The first-order valence-corrected chi connectivity index (χ1v) is 43.5. The van der Waals surface area contributed by atoms with Crippen molar-refractivity contribution in [3.8, 4) is 120 Å². The molecule has 19 aromatic rings. The predicted octanol–water partition coefficient (Wildman–Crippen LogP) is 19.5. The summed E-state index contributed by atoms with van der Waals surface area (Å²) in [7, 11) is 1.66. The van der Waals surface area contributed by atoms with Gasteiger partial charge in [-0.3, -0.25) is 45.8 Å². The number of non-ortho nitro benzene ring substituents is 2. The van der Waals surface area contributed by atoms with Crippen molar-refractivity contribution in [2.75, 3.05) is 57.8 Å². The number of nitrogen functional groups attached to an aromatic ring is 2. The van der Waals surface area contributed by atoms with Crippen molar-refractivity contribution in [1.29, 1.82) is 0 Å². The Morgan fingerprint density at radius 1 is 0.328 bits per heavy atom. The second-order valence-electron chi connectivity index (χ2n) is 32.4. The number of anilines is 2. The maximum atomic E-state index is 10.8. The van der Waals surface area contributed by atoms with E-state index in [0.717, 1.165) is 202 Å². The molecule has 17 N–H and O–H groups in total. The molecule has 2 atom stereocenters. The fourth-order valence-corrected chi connectivity index (χ4v) is 15.4. The second kappa shape index (κ2) is 39.1. The highest BCUT2D eigenvalue weighted by Gasteiger charge is 2.22. The van der Waals surface area contributed by atoms with E-state index in [0.29, 0.717) is 63.9 Å². The van der Waals surface area contributed by atoms with Crippen molar-refractivity contribution in [2.24, 2.45) is 26.4 Å². The molecule has 0 fully saturated rings. The number of aliphatic imine (C=N–C) groups is 3. The average molecular weight is 1790 g/mol. The number of rotatable bonds is 22. The number of nitro benzene ring substituents is 2. The number of nitrogens with zero attached hydrogens (tertiary/aromatic N) is 9. The van der Waals surface area contributed by atoms with E-state index in [4.69, 9.17) is 49.8 Å². The summed E-state index contributed by atoms with van der Waals surface area (Å²) in [6.07, 6.45) is -0.481. The molecule has 0 radical (unpaired) electrons. The first-order chi connectivity index (χ1) is 65.2. The third-order valence-electron chi connectivity index (χ3n) is 22.2. The molecular weight excluding hydrogens is 1690 g/mol. The molecule has 12 heterocycles. The van der Waals surface area contributed by atoms with E-state index in [1.165, 1.54) is 24.3 Å². The van der Waals surface area contributed by atoms with Crippen LogP contribution in [-0.2, 0) is 0 Å². The molecule has 672 valence electrons. The van der Waals surface area contributed by atoms with Gasteiger partial charge < -0.3 is 85.6 Å². The smallest absolute Gasteiger partial charge is 0.269 e. The maximum Gasteiger partial charge on any atom is 0.269 e. The molecule has 0 spiro atoms. The highest BCUT2D eigenvalue weighted by atomic mass is 16.6. The zero-order chi connectivity index (χ0) is 92.5. The van der Waals surface area contributed by atoms with Crippen LogP contribution in [0.15, 0.2) is 316 Å². The van der Waals surface area contributed by atoms with E-state index in [1.54, 1.807) is 31.4 Å². The minimum absolute atomic E-state index is 0.0405. The third-order valence-corrected chi connectivity index (χ3v) is 22.2. The van der Waals surface area contributed by atoms with Crippen molar-refractivity contribution in [1.82, 2.24) is 66.5 Å². The second-order valence-corrected chi connectivity index (χ2v) is 32.4. The van der Waals surface area contributed by atoms with Crippen LogP contribution in [0, 0.1) is 20.2 Å². The van der Waals surface area contributed by atoms with Crippen molar-refractivity contribution >= 4 is 84.4 Å². The minimum Gasteiger partial charge on any atom is -0.497 e. The van der Waals surface area contributed by atoms with E-state index in [1.807, 2.05) is 214 Å². The molecule has 0 aliphatic carbocycles. The van der Waals surface area contributed by atoms with Gasteiger partial charge in [0.2, 0.25) is 0 Å². The van der Waals surface area contributed by atoms with Crippen LogP contribution in [0.5, 0.6) is 5.75 Å². The first kappa shape index (κ1) is 87.6. The number of methoxy groups -OCH3 is 1. The van der Waals surface area contributed by atoms with Gasteiger partial charge in [0.1, 0.15) is 57.8 Å². The molecule has 3 aliphatic heterocycles. The Kier molecular flexibility index (Phi) is 25.6. The number of benzene rings is 10. The zero-order valence-corrected chi connectivity index (χ0v) is 73.5. The van der Waals surface area contributed by atoms with Gasteiger partial charge in [0.05, 0.1) is 93.1 Å². The van der Waals surface area contributed by atoms with E-state index >= 15 is 0 Å². The molecule has 0 amide bonds. The predicted molar refractivity (Wildman–Crippen MR) is 524 cm³/mol. The molecule has 0 bridgehead atoms. The average Bonchev–Trinajstić information content (AvgIpc) is 1.74. The molecule has 32 heteroatoms. The number of aromatic amines is 4. The number of nitro groups is 2. The molecule has 0 saturated heterocycles. The Labute approximate surface area is 766 Å². The molecule has 22 rings (SSSR count). The van der Waals surface area contributed by atoms with Gasteiger partial charge in [-0.2, -0.15) is 0 Å². The topological polar surface area (TPSA) is 477 Å². The summed E-state index contributed by atoms with van der Waals surface area (Å²) < 4.78 is 35.0. The summed E-state index contributed by atoms with van der Waals surface area (Å²) in [4.78, 5) is 65.8. The molecule has 9 aromatic heterocycles. The van der Waals surface area contributed by atoms with Crippen molar-refractivity contribution in [3.05, 3.63) is 327 Å². The van der Waals surface area contributed by atoms with Crippen LogP contribution in [0.4, 0.5) is 22.7 Å². The van der Waals surface area contributed by atoms with Gasteiger partial charge in [0.15, 0.2) is 46.3 Å². The lowest BCUT2D eigenvalue weighted by Crippen LogP contribution is -2.33. The normalized spacial score (nSPS) is 13.2. The summed E-state index contributed by atoms with van der Waals surface area (Å²) in [5, 5.41) is 38.0. The van der Waals surface area contributed by atoms with Gasteiger partial charge >= 0.3 is 0 Å². The van der Waals surface area contributed by atoms with Crippen molar-refractivity contribution in [3.63, 3.8) is 0 Å². The monoisotopic (exact) mass is 1790 g/mol. The quantitative estimate of drug-likeness (QED) is 0.0130. The Morgan fingerprint density at radius 3 is 0.873 bits per heavy atom. The zero-order valence-electron chi connectivity index (χ0n) is 73.5. The van der Waals surface area contributed by atoms with Crippen LogP contribution in [0.25, 0.3) is 158 Å². The van der Waals surface area contributed by atoms with Crippen LogP contribution in [-0.4, -0.2) is 126 Å². The Hall–Kier alpha value is -17.1. The van der Waals surface area contributed by atoms with Gasteiger partial charge in [-0.15, -0.1) is 0 Å². The Balaban J connectivity index is 0.000000112. The first-order valence-electron chi connectivity index (χ1n) is 43.5. The van der Waals surface area contributed by atoms with Crippen LogP contribution in [0.3, 0.4) is 0 Å². The fraction of sp³-hybridized carbons (Fsp3) is 0.147. The van der Waals surface area contributed by atoms with Crippen molar-refractivity contribution in [2.45, 2.75) is 52.1 Å². The Morgan fingerprint density at radius 2 is 0.582 bits per heavy atom. The van der Waals surface area contributed by atoms with Crippen LogP contribution in [0.2, 0.25) is 0 Å². The van der Waals surface area contributed by atoms with E-state index < -0.39 is 9.85 Å². The van der Waals surface area contributed by atoms with E-state index in [-0.39, 0.29) is 29.7 Å². The maximum absolute atomic E-state index is 10.8. The van der Waals surface area contributed by atoms with Gasteiger partial charge in [0, 0.05) is 117 Å². The minimum atomic E-state index is -0.428. The molecule has 32 nitrogen and oxygen atoms in total. The standard InChI is InChI=1S/C21H21N5O3.C21H23N5O.C20H15N5O3.C20H17N5O.C20H18N2O2/c1-12(2)23-20(22)14-5-8-16-17(11-14)25-21(24-16)19-10-9-18(29-19)13-3-6-15(7-4-13)26(27)28;1-12(2)24-20(23)14-5-8-16-17(11-14)26-21(25-16)19-10-9-18(27-19)13-3-6-15(22)7-4-13;26-25(27)14-4-1-12(2-5-14)17-7-8-18(28-17)20-23-15-6-3-13(11-16(15)24-20)19-21-9-10-22-19;21-14-4-1-12(2-5-14)17-7-8-18(26-17)20-24-15-6-3-13(11-16(15)25-20)19-22-9-10-23-19;1-23-17-8-6-15(7-9-17)19-11-10-18(24-19)14-2-4-16(5-3-14)20-21-12-13-22-20/h3-12,20,23H,22H2,1-2H3,(H,24,25);3-12,20,24H,22-23H2,1-2H3,(H,25,26);1-8,11H,9-10H2,(H,21,22)(H,23,24);1-8,11H,9-10,21H2,(H,22,23)(H,24,25);2-11H,12-13H2,1H3,(H,21,22). The summed E-state index contributed by atoms with van der Waals surface area (Å²) >= 11 is 0. The van der Waals surface area contributed by atoms with Gasteiger partial charge in [-0.25, -0.2) is 19.9 Å². The van der Waals surface area contributed by atoms with Crippen LogP contribution in [0.1, 0.15) is 67.8 Å². The number of hydrogen-bond donors (Lipinski definition) is 13. The number of H-pyrrole nitrogens is 4. The number of nitrogens with two attached hydrogens (primary N) is 4. The SMILES string of the molecule is CC(C)NC(N)c1ccc2nc(-c3ccc(-c4ccc(N)cc4)o3)[nH]c2c1.CC(C)NC(N)c1ccc2nc(-c3ccc(-c4ccc([N+](=O)[O-])cc4)o3)[nH]c2c1.COc1ccc(-c2ccc(-c3ccc(C4=NCCN4)cc3)o2)cc1.Nc1ccc(-c2ccc(-c3nc4ccc(C5=NCCN5)cc4[nH]3)o2)cc1.O=[N+]([O-])c1ccc(-c2ccc(-c3nc4ccc(C5=NCCN5)cc4[nH]3)o2)cc1. The third kappa shape index (κ3) is 20.3. The van der Waals surface area contributed by atoms with Crippen molar-refractivity contribution < 1.29 is 36.7 Å².